The highest BCUT2D eigenvalue weighted by molar-refractivity contribution is 5.39. The predicted octanol–water partition coefficient (Wildman–Crippen LogP) is 4.13. The molecule has 2 nitrogen and oxygen atoms in total. The summed E-state index contributed by atoms with van der Waals surface area (Å²) >= 11 is 0. The highest BCUT2D eigenvalue weighted by Crippen LogP contribution is 2.13. The standard InChI is InChI=1S/C18H27NO/c1-2-3-4-5-6-7-8-15-20-18-13-9-11-17(16-18)12-10-14-19/h9,11,13,16H,2-8,14-15,19H2,1H3. The number of rotatable bonds is 9. The molecule has 1 aromatic rings. The second-order valence-electron chi connectivity index (χ2n) is 5.00. The third-order valence-electron chi connectivity index (χ3n) is 3.19. The molecular weight excluding hydrogens is 246 g/mol. The zero-order valence-corrected chi connectivity index (χ0v) is 12.7. The first-order chi connectivity index (χ1) is 9.86. The summed E-state index contributed by atoms with van der Waals surface area (Å²) in [5.41, 5.74) is 6.33. The molecule has 1 rings (SSSR count). The molecule has 0 heterocycles. The van der Waals surface area contributed by atoms with Crippen molar-refractivity contribution in [2.24, 2.45) is 5.73 Å². The van der Waals surface area contributed by atoms with E-state index in [4.69, 9.17) is 10.5 Å². The smallest absolute Gasteiger partial charge is 0.120 e. The molecule has 0 aliphatic carbocycles. The summed E-state index contributed by atoms with van der Waals surface area (Å²) in [7, 11) is 0. The van der Waals surface area contributed by atoms with Gasteiger partial charge in [0.1, 0.15) is 5.75 Å². The molecule has 0 saturated carbocycles. The Hall–Kier alpha value is -1.46. The SMILES string of the molecule is CCCCCCCCCOc1cccc(C#CCN)c1. The Balaban J connectivity index is 2.15. The van der Waals surface area contributed by atoms with Gasteiger partial charge >= 0.3 is 0 Å². The molecule has 0 spiro atoms. The van der Waals surface area contributed by atoms with Crippen molar-refractivity contribution in [3.8, 4) is 17.6 Å². The van der Waals surface area contributed by atoms with Crippen LogP contribution in [0, 0.1) is 11.8 Å². The fourth-order valence-corrected chi connectivity index (χ4v) is 2.07. The van der Waals surface area contributed by atoms with Crippen molar-refractivity contribution >= 4 is 0 Å². The Bertz CT molecular complexity index is 417. The average Bonchev–Trinajstić information content (AvgIpc) is 2.48. The molecule has 110 valence electrons. The molecule has 0 fully saturated rings. The van der Waals surface area contributed by atoms with Gasteiger partial charge in [0.15, 0.2) is 0 Å². The van der Waals surface area contributed by atoms with E-state index in [1.54, 1.807) is 0 Å². The van der Waals surface area contributed by atoms with Crippen LogP contribution in [0.3, 0.4) is 0 Å². The van der Waals surface area contributed by atoms with Crippen LogP contribution in [0.25, 0.3) is 0 Å². The van der Waals surface area contributed by atoms with E-state index in [1.807, 2.05) is 24.3 Å². The van der Waals surface area contributed by atoms with Crippen LogP contribution in [0.4, 0.5) is 0 Å². The van der Waals surface area contributed by atoms with Gasteiger partial charge in [0.05, 0.1) is 13.2 Å². The van der Waals surface area contributed by atoms with Gasteiger partial charge in [0, 0.05) is 5.56 Å². The van der Waals surface area contributed by atoms with Gasteiger partial charge < -0.3 is 10.5 Å². The van der Waals surface area contributed by atoms with Crippen molar-refractivity contribution in [3.05, 3.63) is 29.8 Å². The molecular formula is C18H27NO. The summed E-state index contributed by atoms with van der Waals surface area (Å²) in [5, 5.41) is 0. The fourth-order valence-electron chi connectivity index (χ4n) is 2.07. The molecule has 0 unspecified atom stereocenters. The second-order valence-corrected chi connectivity index (χ2v) is 5.00. The summed E-state index contributed by atoms with van der Waals surface area (Å²) < 4.78 is 5.76. The summed E-state index contributed by atoms with van der Waals surface area (Å²) in [6.07, 6.45) is 9.13. The number of ether oxygens (including phenoxy) is 1. The topological polar surface area (TPSA) is 35.2 Å². The quantitative estimate of drug-likeness (QED) is 0.542. The Morgan fingerprint density at radius 3 is 2.55 bits per heavy atom. The van der Waals surface area contributed by atoms with E-state index in [-0.39, 0.29) is 0 Å². The highest BCUT2D eigenvalue weighted by Gasteiger charge is 1.96. The lowest BCUT2D eigenvalue weighted by Gasteiger charge is -2.06. The van der Waals surface area contributed by atoms with Gasteiger partial charge in [-0.3, -0.25) is 0 Å². The molecule has 0 aromatic heterocycles. The van der Waals surface area contributed by atoms with Gasteiger partial charge in [0.2, 0.25) is 0 Å². The first-order valence-corrected chi connectivity index (χ1v) is 7.78. The maximum atomic E-state index is 5.76. The van der Waals surface area contributed by atoms with Crippen LogP contribution in [-0.4, -0.2) is 13.2 Å². The van der Waals surface area contributed by atoms with E-state index >= 15 is 0 Å². The van der Waals surface area contributed by atoms with Crippen LogP contribution in [0.5, 0.6) is 5.75 Å². The molecule has 0 radical (unpaired) electrons. The maximum absolute atomic E-state index is 5.76. The van der Waals surface area contributed by atoms with Crippen molar-refractivity contribution in [3.63, 3.8) is 0 Å². The third-order valence-corrected chi connectivity index (χ3v) is 3.19. The summed E-state index contributed by atoms with van der Waals surface area (Å²) in [6, 6.07) is 7.91. The number of nitrogens with two attached hydrogens (primary N) is 1. The molecule has 20 heavy (non-hydrogen) atoms. The van der Waals surface area contributed by atoms with Crippen molar-refractivity contribution in [1.29, 1.82) is 0 Å². The minimum absolute atomic E-state index is 0.392. The Morgan fingerprint density at radius 1 is 1.05 bits per heavy atom. The normalized spacial score (nSPS) is 9.90. The number of benzene rings is 1. The fraction of sp³-hybridized carbons (Fsp3) is 0.556. The molecule has 0 aliphatic heterocycles. The minimum atomic E-state index is 0.392. The van der Waals surface area contributed by atoms with Crippen molar-refractivity contribution in [2.45, 2.75) is 51.9 Å². The molecule has 0 bridgehead atoms. The van der Waals surface area contributed by atoms with Gasteiger partial charge in [-0.15, -0.1) is 0 Å². The minimum Gasteiger partial charge on any atom is -0.494 e. The molecule has 0 aliphatic rings. The Labute approximate surface area is 123 Å². The van der Waals surface area contributed by atoms with Gasteiger partial charge in [0.25, 0.3) is 0 Å². The van der Waals surface area contributed by atoms with Crippen molar-refractivity contribution < 1.29 is 4.74 Å². The molecule has 0 amide bonds. The second kappa shape index (κ2) is 11.4. The van der Waals surface area contributed by atoms with Gasteiger partial charge in [-0.1, -0.05) is 63.4 Å². The Kier molecular flexibility index (Phi) is 9.44. The van der Waals surface area contributed by atoms with Gasteiger partial charge in [-0.25, -0.2) is 0 Å². The monoisotopic (exact) mass is 273 g/mol. The summed E-state index contributed by atoms with van der Waals surface area (Å²) in [5.74, 6) is 6.78. The van der Waals surface area contributed by atoms with Crippen LogP contribution in [0.1, 0.15) is 57.4 Å². The number of hydrogen-bond acceptors (Lipinski definition) is 2. The van der Waals surface area contributed by atoms with E-state index in [1.165, 1.54) is 38.5 Å². The highest BCUT2D eigenvalue weighted by atomic mass is 16.5. The molecule has 2 heteroatoms. The van der Waals surface area contributed by atoms with Gasteiger partial charge in [-0.05, 0) is 24.6 Å². The van der Waals surface area contributed by atoms with Gasteiger partial charge in [-0.2, -0.15) is 0 Å². The predicted molar refractivity (Wildman–Crippen MR) is 85.9 cm³/mol. The lowest BCUT2D eigenvalue weighted by atomic mass is 10.1. The van der Waals surface area contributed by atoms with Crippen LogP contribution in [0.15, 0.2) is 24.3 Å². The summed E-state index contributed by atoms with van der Waals surface area (Å²) in [6.45, 7) is 3.44. The maximum Gasteiger partial charge on any atom is 0.120 e. The van der Waals surface area contributed by atoms with Crippen LogP contribution < -0.4 is 10.5 Å². The van der Waals surface area contributed by atoms with Crippen molar-refractivity contribution in [2.75, 3.05) is 13.2 Å². The molecule has 2 N–H and O–H groups in total. The largest absolute Gasteiger partial charge is 0.494 e. The lowest BCUT2D eigenvalue weighted by Crippen LogP contribution is -1.97. The lowest BCUT2D eigenvalue weighted by molar-refractivity contribution is 0.304. The van der Waals surface area contributed by atoms with E-state index in [0.717, 1.165) is 24.3 Å². The Morgan fingerprint density at radius 2 is 1.80 bits per heavy atom. The van der Waals surface area contributed by atoms with Crippen molar-refractivity contribution in [1.82, 2.24) is 0 Å². The van der Waals surface area contributed by atoms with Crippen LogP contribution in [-0.2, 0) is 0 Å². The zero-order chi connectivity index (χ0) is 14.5. The number of unbranched alkanes of at least 4 members (excludes halogenated alkanes) is 6. The summed E-state index contributed by atoms with van der Waals surface area (Å²) in [4.78, 5) is 0. The van der Waals surface area contributed by atoms with E-state index in [9.17, 15) is 0 Å². The van der Waals surface area contributed by atoms with Crippen LogP contribution >= 0.6 is 0 Å². The first-order valence-electron chi connectivity index (χ1n) is 7.78. The average molecular weight is 273 g/mol. The third kappa shape index (κ3) is 7.86. The van der Waals surface area contributed by atoms with E-state index in [2.05, 4.69) is 18.8 Å². The van der Waals surface area contributed by atoms with Crippen LogP contribution in [0.2, 0.25) is 0 Å². The molecule has 1 aromatic carbocycles. The van der Waals surface area contributed by atoms with E-state index < -0.39 is 0 Å². The zero-order valence-electron chi connectivity index (χ0n) is 12.7. The number of hydrogen-bond donors (Lipinski definition) is 1. The molecule has 0 atom stereocenters. The first kappa shape index (κ1) is 16.6. The van der Waals surface area contributed by atoms with E-state index in [0.29, 0.717) is 6.54 Å². The molecule has 0 saturated heterocycles.